The van der Waals surface area contributed by atoms with Crippen LogP contribution in [-0.2, 0) is 6.54 Å². The molecule has 1 fully saturated rings. The minimum atomic E-state index is -4.07. The second kappa shape index (κ2) is 7.80. The summed E-state index contributed by atoms with van der Waals surface area (Å²) in [6, 6.07) is 12.1. The van der Waals surface area contributed by atoms with E-state index in [9.17, 15) is 13.2 Å². The standard InChI is InChI=1S/C21H26F3N3/c1-14-12-20(15(2)11-16(14)13-25)26-18-3-5-19(6-4-18)27-9-7-17(8-10-27)21(22,23)24/h3-6,11-12,17,26H,7-10,13,25H2,1-2H3. The van der Waals surface area contributed by atoms with Crippen LogP contribution in [0.5, 0.6) is 0 Å². The van der Waals surface area contributed by atoms with Gasteiger partial charge in [-0.25, -0.2) is 0 Å². The molecule has 2 aromatic carbocycles. The van der Waals surface area contributed by atoms with Crippen LogP contribution in [0, 0.1) is 19.8 Å². The molecule has 1 saturated heterocycles. The van der Waals surface area contributed by atoms with E-state index < -0.39 is 12.1 Å². The lowest BCUT2D eigenvalue weighted by molar-refractivity contribution is -0.179. The van der Waals surface area contributed by atoms with Crippen LogP contribution >= 0.6 is 0 Å². The number of piperidine rings is 1. The molecule has 0 aromatic heterocycles. The summed E-state index contributed by atoms with van der Waals surface area (Å²) in [5.41, 5.74) is 12.1. The largest absolute Gasteiger partial charge is 0.391 e. The van der Waals surface area contributed by atoms with Gasteiger partial charge in [-0.2, -0.15) is 13.2 Å². The van der Waals surface area contributed by atoms with E-state index >= 15 is 0 Å². The van der Waals surface area contributed by atoms with E-state index in [1.165, 1.54) is 0 Å². The zero-order valence-corrected chi connectivity index (χ0v) is 15.7. The van der Waals surface area contributed by atoms with Gasteiger partial charge in [-0.3, -0.25) is 0 Å². The fraction of sp³-hybridized carbons (Fsp3) is 0.429. The zero-order valence-electron chi connectivity index (χ0n) is 15.7. The molecule has 0 aliphatic carbocycles. The molecule has 0 radical (unpaired) electrons. The van der Waals surface area contributed by atoms with Crippen LogP contribution in [-0.4, -0.2) is 19.3 Å². The van der Waals surface area contributed by atoms with Crippen molar-refractivity contribution >= 4 is 17.1 Å². The minimum Gasteiger partial charge on any atom is -0.372 e. The first kappa shape index (κ1) is 19.5. The molecule has 146 valence electrons. The van der Waals surface area contributed by atoms with Crippen molar-refractivity contribution in [2.75, 3.05) is 23.3 Å². The van der Waals surface area contributed by atoms with Crippen molar-refractivity contribution in [3.8, 4) is 0 Å². The van der Waals surface area contributed by atoms with E-state index in [1.807, 2.05) is 43.0 Å². The third-order valence-electron chi connectivity index (χ3n) is 5.37. The van der Waals surface area contributed by atoms with E-state index in [4.69, 9.17) is 5.73 Å². The van der Waals surface area contributed by atoms with Crippen LogP contribution in [0.4, 0.5) is 30.2 Å². The second-order valence-electron chi connectivity index (χ2n) is 7.27. The highest BCUT2D eigenvalue weighted by Gasteiger charge is 2.41. The van der Waals surface area contributed by atoms with Crippen molar-refractivity contribution in [2.45, 2.75) is 39.4 Å². The Kier molecular flexibility index (Phi) is 5.65. The molecule has 0 amide bonds. The van der Waals surface area contributed by atoms with Crippen molar-refractivity contribution < 1.29 is 13.2 Å². The van der Waals surface area contributed by atoms with Gasteiger partial charge in [-0.15, -0.1) is 0 Å². The van der Waals surface area contributed by atoms with Gasteiger partial charge in [-0.05, 0) is 73.7 Å². The number of anilines is 3. The SMILES string of the molecule is Cc1cc(Nc2ccc(N3CCC(C(F)(F)F)CC3)cc2)c(C)cc1CN. The number of nitrogens with zero attached hydrogens (tertiary/aromatic N) is 1. The Balaban J connectivity index is 1.66. The minimum absolute atomic E-state index is 0.162. The summed E-state index contributed by atoms with van der Waals surface area (Å²) >= 11 is 0. The maximum absolute atomic E-state index is 12.8. The Bertz CT molecular complexity index is 776. The van der Waals surface area contributed by atoms with Gasteiger partial charge >= 0.3 is 6.18 Å². The topological polar surface area (TPSA) is 41.3 Å². The van der Waals surface area contributed by atoms with E-state index in [0.717, 1.165) is 33.8 Å². The first-order chi connectivity index (χ1) is 12.8. The van der Waals surface area contributed by atoms with Gasteiger partial charge in [0.05, 0.1) is 5.92 Å². The molecule has 0 unspecified atom stereocenters. The van der Waals surface area contributed by atoms with Crippen LogP contribution in [0.2, 0.25) is 0 Å². The van der Waals surface area contributed by atoms with Crippen molar-refractivity contribution in [1.82, 2.24) is 0 Å². The fourth-order valence-corrected chi connectivity index (χ4v) is 3.61. The smallest absolute Gasteiger partial charge is 0.372 e. The summed E-state index contributed by atoms with van der Waals surface area (Å²) in [6.45, 7) is 5.48. The number of nitrogens with two attached hydrogens (primary N) is 1. The summed E-state index contributed by atoms with van der Waals surface area (Å²) < 4.78 is 38.4. The van der Waals surface area contributed by atoms with Gasteiger partial charge in [0.2, 0.25) is 0 Å². The third kappa shape index (κ3) is 4.56. The third-order valence-corrected chi connectivity index (χ3v) is 5.37. The van der Waals surface area contributed by atoms with E-state index in [1.54, 1.807) is 0 Å². The molecular weight excluding hydrogens is 351 g/mol. The number of aryl methyl sites for hydroxylation is 2. The van der Waals surface area contributed by atoms with Gasteiger partial charge in [0.1, 0.15) is 0 Å². The Labute approximate surface area is 158 Å². The molecule has 0 spiro atoms. The molecule has 1 aliphatic heterocycles. The molecule has 3 nitrogen and oxygen atoms in total. The molecule has 1 heterocycles. The number of halogens is 3. The van der Waals surface area contributed by atoms with Crippen LogP contribution in [0.25, 0.3) is 0 Å². The van der Waals surface area contributed by atoms with Crippen LogP contribution < -0.4 is 16.0 Å². The highest BCUT2D eigenvalue weighted by atomic mass is 19.4. The summed E-state index contributed by atoms with van der Waals surface area (Å²) in [5, 5.41) is 3.41. The quantitative estimate of drug-likeness (QED) is 0.761. The number of alkyl halides is 3. The van der Waals surface area contributed by atoms with Crippen LogP contribution in [0.1, 0.15) is 29.5 Å². The van der Waals surface area contributed by atoms with Gasteiger partial charge in [0.15, 0.2) is 0 Å². The van der Waals surface area contributed by atoms with Gasteiger partial charge in [0.25, 0.3) is 0 Å². The molecule has 27 heavy (non-hydrogen) atoms. The summed E-state index contributed by atoms with van der Waals surface area (Å²) in [5.74, 6) is -1.17. The molecule has 0 saturated carbocycles. The lowest BCUT2D eigenvalue weighted by Crippen LogP contribution is -2.38. The second-order valence-corrected chi connectivity index (χ2v) is 7.27. The molecular formula is C21H26F3N3. The monoisotopic (exact) mass is 377 g/mol. The Morgan fingerprint density at radius 2 is 1.67 bits per heavy atom. The van der Waals surface area contributed by atoms with Crippen molar-refractivity contribution in [2.24, 2.45) is 11.7 Å². The number of benzene rings is 2. The normalized spacial score (nSPS) is 15.9. The highest BCUT2D eigenvalue weighted by molar-refractivity contribution is 5.66. The predicted molar refractivity (Wildman–Crippen MR) is 105 cm³/mol. The Hall–Kier alpha value is -2.21. The van der Waals surface area contributed by atoms with E-state index in [2.05, 4.69) is 17.4 Å². The zero-order chi connectivity index (χ0) is 19.6. The Morgan fingerprint density at radius 3 is 2.22 bits per heavy atom. The molecule has 0 atom stereocenters. The molecule has 3 rings (SSSR count). The number of rotatable bonds is 4. The number of nitrogens with one attached hydrogen (secondary N) is 1. The number of hydrogen-bond donors (Lipinski definition) is 2. The maximum Gasteiger partial charge on any atom is 0.391 e. The Morgan fingerprint density at radius 1 is 1.04 bits per heavy atom. The van der Waals surface area contributed by atoms with Gasteiger partial charge in [-0.1, -0.05) is 6.07 Å². The molecule has 1 aliphatic rings. The summed E-state index contributed by atoms with van der Waals surface area (Å²) in [4.78, 5) is 2.03. The van der Waals surface area contributed by atoms with Gasteiger partial charge in [0, 0.05) is 36.7 Å². The molecule has 6 heteroatoms. The fourth-order valence-electron chi connectivity index (χ4n) is 3.61. The average molecular weight is 377 g/mol. The number of hydrogen-bond acceptors (Lipinski definition) is 3. The summed E-state index contributed by atoms with van der Waals surface area (Å²) in [7, 11) is 0. The average Bonchev–Trinajstić information content (AvgIpc) is 2.64. The summed E-state index contributed by atoms with van der Waals surface area (Å²) in [6.07, 6.45) is -3.75. The van der Waals surface area contributed by atoms with Crippen molar-refractivity contribution in [3.63, 3.8) is 0 Å². The first-order valence-electron chi connectivity index (χ1n) is 9.27. The molecule has 3 N–H and O–H groups in total. The van der Waals surface area contributed by atoms with E-state index in [-0.39, 0.29) is 12.8 Å². The van der Waals surface area contributed by atoms with Crippen molar-refractivity contribution in [3.05, 3.63) is 53.1 Å². The highest BCUT2D eigenvalue weighted by Crippen LogP contribution is 2.35. The lowest BCUT2D eigenvalue weighted by atomic mass is 9.96. The van der Waals surface area contributed by atoms with E-state index in [0.29, 0.717) is 19.6 Å². The predicted octanol–water partition coefficient (Wildman–Crippen LogP) is 5.28. The van der Waals surface area contributed by atoms with Crippen molar-refractivity contribution in [1.29, 1.82) is 0 Å². The maximum atomic E-state index is 12.8. The van der Waals surface area contributed by atoms with Gasteiger partial charge < -0.3 is 16.0 Å². The lowest BCUT2D eigenvalue weighted by Gasteiger charge is -2.34. The van der Waals surface area contributed by atoms with Crippen LogP contribution in [0.3, 0.4) is 0 Å². The first-order valence-corrected chi connectivity index (χ1v) is 9.27. The molecule has 2 aromatic rings. The van der Waals surface area contributed by atoms with Crippen LogP contribution in [0.15, 0.2) is 36.4 Å². The molecule has 0 bridgehead atoms.